The number of aliphatic hydroxyl groups is 1. The summed E-state index contributed by atoms with van der Waals surface area (Å²) in [5.41, 5.74) is 2.42. The Hall–Kier alpha value is -2.79. The summed E-state index contributed by atoms with van der Waals surface area (Å²) in [5.74, 6) is 1.55. The van der Waals surface area contributed by atoms with Crippen LogP contribution in [0.3, 0.4) is 0 Å². The molecule has 0 bridgehead atoms. The third kappa shape index (κ3) is 3.90. The molecule has 2 atom stereocenters. The molecule has 0 spiro atoms. The second kappa shape index (κ2) is 8.07. The van der Waals surface area contributed by atoms with Gasteiger partial charge in [-0.2, -0.15) is 10.2 Å². The van der Waals surface area contributed by atoms with Crippen LogP contribution in [0.4, 0.5) is 11.8 Å². The molecule has 2 aromatic heterocycles. The van der Waals surface area contributed by atoms with Gasteiger partial charge in [0.2, 0.25) is 5.95 Å². The third-order valence-corrected chi connectivity index (χ3v) is 5.76. The largest absolute Gasteiger partial charge is 0.396 e. The first kappa shape index (κ1) is 20.0. The number of aromatic nitrogens is 4. The number of nitriles is 1. The first-order valence-corrected chi connectivity index (χ1v) is 9.60. The topological polar surface area (TPSA) is 121 Å². The van der Waals surface area contributed by atoms with Gasteiger partial charge >= 0.3 is 0 Å². The van der Waals surface area contributed by atoms with Gasteiger partial charge in [0.15, 0.2) is 5.69 Å². The molecule has 1 fully saturated rings. The standard InChI is InChI=1S/C20H27N7O/c1-12(2)17-14(7-22-11-25-17)9-24-19-23-8-13(6-21)18(27-19)26-16-5-15(10-28)20(16,3)4/h7-8,11-12,15-16,28H,5,9-10H2,1-4H3,(H2,23,24,26,27)/p+1/t15-,16-/m1/s1. The van der Waals surface area contributed by atoms with Gasteiger partial charge in [-0.25, -0.2) is 4.98 Å². The molecule has 1 saturated carbocycles. The molecule has 1 aliphatic carbocycles. The summed E-state index contributed by atoms with van der Waals surface area (Å²) >= 11 is 0. The van der Waals surface area contributed by atoms with E-state index in [0.717, 1.165) is 17.7 Å². The molecular weight excluding hydrogens is 354 g/mol. The minimum absolute atomic E-state index is 0.0578. The zero-order valence-corrected chi connectivity index (χ0v) is 16.8. The van der Waals surface area contributed by atoms with Crippen LogP contribution in [-0.2, 0) is 6.54 Å². The molecule has 28 heavy (non-hydrogen) atoms. The average molecular weight is 382 g/mol. The average Bonchev–Trinajstić information content (AvgIpc) is 2.69. The summed E-state index contributed by atoms with van der Waals surface area (Å²) in [6.45, 7) is 9.15. The number of anilines is 2. The Balaban J connectivity index is 1.74. The first-order chi connectivity index (χ1) is 13.4. The molecule has 0 amide bonds. The Morgan fingerprint density at radius 2 is 2.18 bits per heavy atom. The van der Waals surface area contributed by atoms with Gasteiger partial charge in [-0.15, -0.1) is 0 Å². The number of rotatable bonds is 7. The number of nitrogens with one attached hydrogen (secondary N) is 3. The van der Waals surface area contributed by atoms with Crippen molar-refractivity contribution in [1.29, 1.82) is 5.26 Å². The Morgan fingerprint density at radius 3 is 2.82 bits per heavy atom. The molecule has 2 aromatic rings. The molecule has 8 heteroatoms. The van der Waals surface area contributed by atoms with E-state index in [1.807, 2.05) is 6.20 Å². The van der Waals surface area contributed by atoms with Gasteiger partial charge in [0.1, 0.15) is 17.5 Å². The number of hydrogen-bond acceptors (Lipinski definition) is 7. The van der Waals surface area contributed by atoms with Crippen molar-refractivity contribution in [2.24, 2.45) is 11.3 Å². The second-order valence-electron chi connectivity index (χ2n) is 8.19. The predicted molar refractivity (Wildman–Crippen MR) is 105 cm³/mol. The fourth-order valence-corrected chi connectivity index (χ4v) is 3.63. The second-order valence-corrected chi connectivity index (χ2v) is 8.19. The highest BCUT2D eigenvalue weighted by molar-refractivity contribution is 5.54. The quantitative estimate of drug-likeness (QED) is 0.670. The Kier molecular flexibility index (Phi) is 5.75. The van der Waals surface area contributed by atoms with Gasteiger partial charge in [-0.1, -0.05) is 32.7 Å². The van der Waals surface area contributed by atoms with E-state index < -0.39 is 0 Å². The lowest BCUT2D eigenvalue weighted by Crippen LogP contribution is -2.54. The van der Waals surface area contributed by atoms with E-state index in [-0.39, 0.29) is 24.0 Å². The maximum atomic E-state index is 9.47. The van der Waals surface area contributed by atoms with Crippen molar-refractivity contribution in [3.05, 3.63) is 35.5 Å². The molecule has 2 heterocycles. The van der Waals surface area contributed by atoms with Gasteiger partial charge in [0.25, 0.3) is 6.33 Å². The molecule has 0 radical (unpaired) electrons. The van der Waals surface area contributed by atoms with Crippen molar-refractivity contribution in [1.82, 2.24) is 15.0 Å². The minimum atomic E-state index is -0.0578. The Bertz CT molecular complexity index is 875. The van der Waals surface area contributed by atoms with E-state index in [2.05, 4.69) is 64.3 Å². The highest BCUT2D eigenvalue weighted by Gasteiger charge is 2.47. The summed E-state index contributed by atoms with van der Waals surface area (Å²) in [6.07, 6.45) is 5.99. The van der Waals surface area contributed by atoms with Crippen LogP contribution in [0, 0.1) is 22.7 Å². The van der Waals surface area contributed by atoms with Crippen LogP contribution in [-0.4, -0.2) is 32.7 Å². The smallest absolute Gasteiger partial charge is 0.284 e. The van der Waals surface area contributed by atoms with Crippen LogP contribution in [0.1, 0.15) is 56.9 Å². The highest BCUT2D eigenvalue weighted by atomic mass is 16.3. The van der Waals surface area contributed by atoms with Gasteiger partial charge in [-0.05, 0) is 17.8 Å². The number of nitrogens with zero attached hydrogens (tertiary/aromatic N) is 4. The van der Waals surface area contributed by atoms with Gasteiger partial charge in [0.05, 0.1) is 24.5 Å². The summed E-state index contributed by atoms with van der Waals surface area (Å²) in [5, 5.41) is 25.5. The van der Waals surface area contributed by atoms with Gasteiger partial charge < -0.3 is 15.7 Å². The number of hydrogen-bond donors (Lipinski definition) is 3. The lowest BCUT2D eigenvalue weighted by atomic mass is 9.59. The van der Waals surface area contributed by atoms with E-state index in [9.17, 15) is 10.4 Å². The molecule has 0 aromatic carbocycles. The summed E-state index contributed by atoms with van der Waals surface area (Å²) in [4.78, 5) is 16.2. The number of aromatic amines is 1. The van der Waals surface area contributed by atoms with Crippen LogP contribution in [0.15, 0.2) is 18.7 Å². The Morgan fingerprint density at radius 1 is 1.39 bits per heavy atom. The van der Waals surface area contributed by atoms with Crippen LogP contribution in [0.5, 0.6) is 0 Å². The van der Waals surface area contributed by atoms with E-state index >= 15 is 0 Å². The zero-order chi connectivity index (χ0) is 20.3. The SMILES string of the molecule is CC(C)c1nc[nH+]cc1CNc1ncc(C#N)c(N[C@@H]2C[C@H](CO)C2(C)C)n1. The van der Waals surface area contributed by atoms with E-state index in [4.69, 9.17) is 0 Å². The molecule has 0 saturated heterocycles. The molecule has 0 unspecified atom stereocenters. The van der Waals surface area contributed by atoms with Crippen molar-refractivity contribution in [2.75, 3.05) is 17.2 Å². The first-order valence-electron chi connectivity index (χ1n) is 9.60. The van der Waals surface area contributed by atoms with Crippen LogP contribution in [0.2, 0.25) is 0 Å². The molecule has 3 rings (SSSR count). The van der Waals surface area contributed by atoms with Crippen molar-refractivity contribution in [3.63, 3.8) is 0 Å². The van der Waals surface area contributed by atoms with E-state index in [0.29, 0.717) is 29.8 Å². The van der Waals surface area contributed by atoms with Crippen molar-refractivity contribution >= 4 is 11.8 Å². The van der Waals surface area contributed by atoms with E-state index in [1.54, 1.807) is 6.33 Å². The van der Waals surface area contributed by atoms with Crippen molar-refractivity contribution < 1.29 is 10.1 Å². The fourth-order valence-electron chi connectivity index (χ4n) is 3.63. The summed E-state index contributed by atoms with van der Waals surface area (Å²) in [7, 11) is 0. The Labute approximate surface area is 165 Å². The monoisotopic (exact) mass is 382 g/mol. The molecule has 8 nitrogen and oxygen atoms in total. The maximum absolute atomic E-state index is 9.47. The zero-order valence-electron chi connectivity index (χ0n) is 16.8. The van der Waals surface area contributed by atoms with Crippen molar-refractivity contribution in [3.8, 4) is 6.07 Å². The van der Waals surface area contributed by atoms with Crippen LogP contribution < -0.4 is 15.6 Å². The van der Waals surface area contributed by atoms with E-state index in [1.165, 1.54) is 6.20 Å². The normalized spacial score (nSPS) is 20.3. The maximum Gasteiger partial charge on any atom is 0.284 e. The molecular formula is C20H28N7O+. The molecule has 0 aliphatic heterocycles. The van der Waals surface area contributed by atoms with Gasteiger partial charge in [0, 0.05) is 18.6 Å². The van der Waals surface area contributed by atoms with Crippen molar-refractivity contribution in [2.45, 2.75) is 52.6 Å². The lowest BCUT2D eigenvalue weighted by molar-refractivity contribution is -0.383. The third-order valence-electron chi connectivity index (χ3n) is 5.76. The predicted octanol–water partition coefficient (Wildman–Crippen LogP) is 2.11. The molecule has 148 valence electrons. The number of H-pyrrole nitrogens is 1. The number of aliphatic hydroxyl groups excluding tert-OH is 1. The highest BCUT2D eigenvalue weighted by Crippen LogP contribution is 2.47. The van der Waals surface area contributed by atoms with Gasteiger partial charge in [-0.3, -0.25) is 4.98 Å². The molecule has 1 aliphatic rings. The molecule has 4 N–H and O–H groups in total. The minimum Gasteiger partial charge on any atom is -0.396 e. The lowest BCUT2D eigenvalue weighted by Gasteiger charge is -2.52. The summed E-state index contributed by atoms with van der Waals surface area (Å²) in [6, 6.07) is 2.30. The van der Waals surface area contributed by atoms with Crippen LogP contribution >= 0.6 is 0 Å². The summed E-state index contributed by atoms with van der Waals surface area (Å²) < 4.78 is 0. The fraction of sp³-hybridized carbons (Fsp3) is 0.550. The van der Waals surface area contributed by atoms with Crippen LogP contribution in [0.25, 0.3) is 0 Å².